The molecular weight excluding hydrogens is 432 g/mol. The lowest BCUT2D eigenvalue weighted by Gasteiger charge is -2.26. The first-order valence-corrected chi connectivity index (χ1v) is 10.3. The van der Waals surface area contributed by atoms with Crippen LogP contribution < -0.4 is 5.32 Å². The zero-order chi connectivity index (χ0) is 21.2. The van der Waals surface area contributed by atoms with Crippen LogP contribution in [0.2, 0.25) is 0 Å². The van der Waals surface area contributed by atoms with Crippen molar-refractivity contribution in [2.75, 3.05) is 5.32 Å². The highest BCUT2D eigenvalue weighted by Gasteiger charge is 2.28. The number of fused-ring (bicyclic) bond motifs is 2. The molecule has 2 heterocycles. The van der Waals surface area contributed by atoms with Crippen LogP contribution in [0, 0.1) is 0 Å². The van der Waals surface area contributed by atoms with Crippen molar-refractivity contribution < 1.29 is 14.7 Å². The average Bonchev–Trinajstić information content (AvgIpc) is 3.06. The summed E-state index contributed by atoms with van der Waals surface area (Å²) in [6.07, 6.45) is 3.79. The second kappa shape index (κ2) is 8.41. The maximum Gasteiger partial charge on any atom is 0.414 e. The summed E-state index contributed by atoms with van der Waals surface area (Å²) in [7, 11) is 0. The Morgan fingerprint density at radius 2 is 1.93 bits per heavy atom. The number of Topliss-reactive ketones (excluding diaryl/α,β-unsaturated/α-hetero) is 1. The molecule has 1 unspecified atom stereocenters. The third-order valence-electron chi connectivity index (χ3n) is 5.12. The van der Waals surface area contributed by atoms with Crippen molar-refractivity contribution in [2.24, 2.45) is 0 Å². The number of nitrogens with zero attached hydrogens (tertiary/aromatic N) is 1. The van der Waals surface area contributed by atoms with Gasteiger partial charge in [0.2, 0.25) is 0 Å². The van der Waals surface area contributed by atoms with Gasteiger partial charge in [-0.25, -0.2) is 4.79 Å². The molecule has 0 spiro atoms. The van der Waals surface area contributed by atoms with Gasteiger partial charge in [0.15, 0.2) is 5.78 Å². The zero-order valence-electron chi connectivity index (χ0n) is 16.7. The van der Waals surface area contributed by atoms with E-state index in [1.165, 1.54) is 5.56 Å². The van der Waals surface area contributed by atoms with E-state index in [0.717, 1.165) is 39.5 Å². The number of carbonyl (C=O) groups is 1. The van der Waals surface area contributed by atoms with Crippen molar-refractivity contribution in [3.63, 3.8) is 0 Å². The van der Waals surface area contributed by atoms with E-state index in [9.17, 15) is 4.79 Å². The van der Waals surface area contributed by atoms with Gasteiger partial charge in [-0.05, 0) is 63.4 Å². The third kappa shape index (κ3) is 4.37. The van der Waals surface area contributed by atoms with Gasteiger partial charge in [-0.2, -0.15) is 0 Å². The zero-order valence-corrected chi connectivity index (χ0v) is 18.3. The van der Waals surface area contributed by atoms with Gasteiger partial charge >= 0.3 is 6.47 Å². The van der Waals surface area contributed by atoms with Gasteiger partial charge in [0.25, 0.3) is 0 Å². The van der Waals surface area contributed by atoms with E-state index >= 15 is 0 Å². The molecule has 1 radical (unpaired) electrons. The lowest BCUT2D eigenvalue weighted by Crippen LogP contribution is -2.33. The molecule has 4 rings (SSSR count). The molecule has 1 aliphatic rings. The quantitative estimate of drug-likeness (QED) is 0.508. The van der Waals surface area contributed by atoms with E-state index in [2.05, 4.69) is 76.9 Å². The van der Waals surface area contributed by atoms with Gasteiger partial charge in [0, 0.05) is 38.4 Å². The number of carbonyl (C=O) groups excluding carboxylic acids is 1. The number of para-hydroxylation sites is 1. The Hall–Kier alpha value is -2.60. The number of aryl methyl sites for hydroxylation is 1. The number of aliphatic hydroxyl groups excluding tert-OH is 1. The molecule has 6 heteroatoms. The predicted octanol–water partition coefficient (Wildman–Crippen LogP) is 5.38. The maximum atomic E-state index is 13.4. The first-order valence-electron chi connectivity index (χ1n) is 9.47. The number of ketones is 1. The minimum atomic E-state index is -0.178. The fourth-order valence-electron chi connectivity index (χ4n) is 3.78. The highest BCUT2D eigenvalue weighted by molar-refractivity contribution is 9.10. The first-order chi connectivity index (χ1) is 13.8. The van der Waals surface area contributed by atoms with Crippen LogP contribution in [-0.4, -0.2) is 28.0 Å². The van der Waals surface area contributed by atoms with Crippen molar-refractivity contribution in [1.82, 2.24) is 4.57 Å². The fourth-order valence-corrected chi connectivity index (χ4v) is 4.14. The molecule has 5 nitrogen and oxygen atoms in total. The Bertz CT molecular complexity index is 1050. The van der Waals surface area contributed by atoms with Crippen molar-refractivity contribution >= 4 is 44.8 Å². The molecule has 0 aliphatic carbocycles. The summed E-state index contributed by atoms with van der Waals surface area (Å²) in [5.74, 6) is 0.172. The van der Waals surface area contributed by atoms with E-state index in [4.69, 9.17) is 9.90 Å². The SMILES string of the molecule is CC(C)(C)n1cc(C(=O)C2CCc3ccccc3N2)c2cc(Br)ccc21.O=[C]O. The Morgan fingerprint density at radius 3 is 2.62 bits per heavy atom. The summed E-state index contributed by atoms with van der Waals surface area (Å²) in [4.78, 5) is 21.6. The highest BCUT2D eigenvalue weighted by Crippen LogP contribution is 2.32. The number of benzene rings is 2. The van der Waals surface area contributed by atoms with Crippen LogP contribution >= 0.6 is 15.9 Å². The van der Waals surface area contributed by atoms with E-state index in [1.807, 2.05) is 18.3 Å². The van der Waals surface area contributed by atoms with Gasteiger partial charge in [-0.3, -0.25) is 4.79 Å². The molecule has 2 aromatic carbocycles. The molecule has 1 atom stereocenters. The molecule has 0 fully saturated rings. The second-order valence-corrected chi connectivity index (χ2v) is 9.01. The Kier molecular flexibility index (Phi) is 6.13. The standard InChI is InChI=1S/C22H23BrN2O.CHO2/c1-22(2,3)25-13-17(16-12-15(23)9-11-20(16)25)21(26)19-10-8-14-6-4-5-7-18(14)24-19;2-1-3/h4-7,9,11-13,19,24H,8,10H2,1-3H3;(H,2,3). The monoisotopic (exact) mass is 455 g/mol. The van der Waals surface area contributed by atoms with Crippen LogP contribution in [0.15, 0.2) is 53.1 Å². The van der Waals surface area contributed by atoms with Gasteiger partial charge < -0.3 is 15.0 Å². The summed E-state index contributed by atoms with van der Waals surface area (Å²) >= 11 is 3.56. The topological polar surface area (TPSA) is 71.3 Å². The maximum absolute atomic E-state index is 13.4. The summed E-state index contributed by atoms with van der Waals surface area (Å²) < 4.78 is 3.20. The van der Waals surface area contributed by atoms with Gasteiger partial charge in [0.1, 0.15) is 0 Å². The predicted molar refractivity (Wildman–Crippen MR) is 119 cm³/mol. The van der Waals surface area contributed by atoms with Gasteiger partial charge in [-0.1, -0.05) is 34.1 Å². The number of hydrogen-bond acceptors (Lipinski definition) is 3. The van der Waals surface area contributed by atoms with E-state index in [1.54, 1.807) is 0 Å². The van der Waals surface area contributed by atoms with E-state index in [0.29, 0.717) is 6.47 Å². The molecular formula is C23H24BrN2O3. The average molecular weight is 456 g/mol. The summed E-state index contributed by atoms with van der Waals surface area (Å²) in [5, 5.41) is 11.2. The Morgan fingerprint density at radius 1 is 1.24 bits per heavy atom. The normalized spacial score (nSPS) is 15.7. The smallest absolute Gasteiger partial charge is 0.414 e. The third-order valence-corrected chi connectivity index (χ3v) is 5.61. The fraction of sp³-hybridized carbons (Fsp3) is 0.304. The first kappa shape index (κ1) is 21.1. The summed E-state index contributed by atoms with van der Waals surface area (Å²) in [6, 6.07) is 14.3. The number of aromatic nitrogens is 1. The van der Waals surface area contributed by atoms with Crippen LogP contribution in [0.25, 0.3) is 10.9 Å². The minimum Gasteiger partial charge on any atom is -0.473 e. The van der Waals surface area contributed by atoms with Crippen LogP contribution in [0.5, 0.6) is 0 Å². The molecule has 0 bridgehead atoms. The van der Waals surface area contributed by atoms with Crippen LogP contribution in [0.1, 0.15) is 43.1 Å². The summed E-state index contributed by atoms with van der Waals surface area (Å²) in [5.41, 5.74) is 4.18. The molecule has 151 valence electrons. The number of nitrogens with one attached hydrogen (secondary N) is 1. The van der Waals surface area contributed by atoms with Crippen LogP contribution in [0.3, 0.4) is 0 Å². The Balaban J connectivity index is 0.000000755. The number of halogens is 1. The molecule has 29 heavy (non-hydrogen) atoms. The molecule has 1 aromatic heterocycles. The molecule has 0 saturated heterocycles. The number of hydrogen-bond donors (Lipinski definition) is 2. The van der Waals surface area contributed by atoms with Crippen molar-refractivity contribution in [3.05, 3.63) is 64.3 Å². The van der Waals surface area contributed by atoms with Gasteiger partial charge in [0.05, 0.1) is 6.04 Å². The number of rotatable bonds is 2. The minimum absolute atomic E-state index is 0.0861. The largest absolute Gasteiger partial charge is 0.473 e. The van der Waals surface area contributed by atoms with E-state index < -0.39 is 0 Å². The summed E-state index contributed by atoms with van der Waals surface area (Å²) in [6.45, 7) is 6.99. The molecule has 0 saturated carbocycles. The van der Waals surface area contributed by atoms with Crippen LogP contribution in [-0.2, 0) is 16.8 Å². The lowest BCUT2D eigenvalue weighted by atomic mass is 9.93. The molecule has 1 aliphatic heterocycles. The Labute approximate surface area is 178 Å². The van der Waals surface area contributed by atoms with Crippen molar-refractivity contribution in [2.45, 2.75) is 45.2 Å². The van der Waals surface area contributed by atoms with Crippen molar-refractivity contribution in [3.8, 4) is 0 Å². The van der Waals surface area contributed by atoms with E-state index in [-0.39, 0.29) is 17.4 Å². The molecule has 3 aromatic rings. The highest BCUT2D eigenvalue weighted by atomic mass is 79.9. The molecule has 0 amide bonds. The number of anilines is 1. The van der Waals surface area contributed by atoms with Crippen molar-refractivity contribution in [1.29, 1.82) is 0 Å². The van der Waals surface area contributed by atoms with Gasteiger partial charge in [-0.15, -0.1) is 0 Å². The van der Waals surface area contributed by atoms with Crippen LogP contribution in [0.4, 0.5) is 5.69 Å². The molecule has 2 N–H and O–H groups in total. The lowest BCUT2D eigenvalue weighted by molar-refractivity contribution is 0.0966. The second-order valence-electron chi connectivity index (χ2n) is 8.09.